The van der Waals surface area contributed by atoms with Gasteiger partial charge >= 0.3 is 0 Å². The van der Waals surface area contributed by atoms with Crippen molar-refractivity contribution in [2.45, 2.75) is 35.6 Å². The van der Waals surface area contributed by atoms with Gasteiger partial charge in [-0.2, -0.15) is 0 Å². The van der Waals surface area contributed by atoms with E-state index in [0.29, 0.717) is 6.04 Å². The lowest BCUT2D eigenvalue weighted by Gasteiger charge is -2.32. The van der Waals surface area contributed by atoms with Gasteiger partial charge in [0.1, 0.15) is 5.01 Å². The lowest BCUT2D eigenvalue weighted by molar-refractivity contribution is 0.229. The highest BCUT2D eigenvalue weighted by atomic mass is 32.2. The number of rotatable bonds is 7. The van der Waals surface area contributed by atoms with Gasteiger partial charge in [-0.05, 0) is 68.4 Å². The van der Waals surface area contributed by atoms with E-state index in [2.05, 4.69) is 96.1 Å². The zero-order chi connectivity index (χ0) is 21.8. The molecule has 2 heterocycles. The molecule has 1 aliphatic heterocycles. The molecule has 0 saturated carbocycles. The van der Waals surface area contributed by atoms with Crippen LogP contribution >= 0.6 is 23.1 Å². The molecule has 164 valence electrons. The molecule has 0 spiro atoms. The van der Waals surface area contributed by atoms with E-state index in [0.717, 1.165) is 29.4 Å². The van der Waals surface area contributed by atoms with Crippen LogP contribution in [-0.4, -0.2) is 36.1 Å². The van der Waals surface area contributed by atoms with Crippen molar-refractivity contribution in [2.75, 3.05) is 20.1 Å². The maximum absolute atomic E-state index is 5.03. The minimum Gasteiger partial charge on any atom is -0.306 e. The van der Waals surface area contributed by atoms with Crippen LogP contribution in [0, 0.1) is 0 Å². The molecule has 1 N–H and O–H groups in total. The first kappa shape index (κ1) is 21.7. The molecular formula is C27H29N3S2. The summed E-state index contributed by atoms with van der Waals surface area (Å²) in [6.45, 7) is 2.30. The molecule has 0 aliphatic carbocycles. The normalized spacial score (nSPS) is 16.4. The van der Waals surface area contributed by atoms with Crippen LogP contribution in [0.2, 0.25) is 0 Å². The second-order valence-corrected chi connectivity index (χ2v) is 10.7. The van der Waals surface area contributed by atoms with Crippen molar-refractivity contribution >= 4 is 33.3 Å². The van der Waals surface area contributed by atoms with Crippen molar-refractivity contribution in [3.05, 3.63) is 95.0 Å². The fraction of sp³-hybridized carbons (Fsp3) is 0.296. The Morgan fingerprint density at radius 2 is 1.78 bits per heavy atom. The van der Waals surface area contributed by atoms with Crippen molar-refractivity contribution < 1.29 is 0 Å². The molecule has 0 bridgehead atoms. The summed E-state index contributed by atoms with van der Waals surface area (Å²) in [5.74, 6) is 0.985. The highest BCUT2D eigenvalue weighted by Crippen LogP contribution is 2.33. The van der Waals surface area contributed by atoms with Gasteiger partial charge in [0.25, 0.3) is 0 Å². The number of nitrogens with one attached hydrogen (secondary N) is 1. The van der Waals surface area contributed by atoms with Gasteiger partial charge in [-0.15, -0.1) is 23.1 Å². The summed E-state index contributed by atoms with van der Waals surface area (Å²) in [5, 5.41) is 5.15. The van der Waals surface area contributed by atoms with Gasteiger partial charge in [0, 0.05) is 16.7 Å². The predicted molar refractivity (Wildman–Crippen MR) is 138 cm³/mol. The number of hydrogen-bond donors (Lipinski definition) is 1. The molecule has 5 rings (SSSR count). The molecule has 3 nitrogen and oxygen atoms in total. The topological polar surface area (TPSA) is 28.2 Å². The number of thioether (sulfide) groups is 1. The highest BCUT2D eigenvalue weighted by molar-refractivity contribution is 7.98. The van der Waals surface area contributed by atoms with E-state index in [1.54, 1.807) is 0 Å². The summed E-state index contributed by atoms with van der Waals surface area (Å²) in [7, 11) is 2.22. The molecule has 1 aromatic heterocycles. The largest absolute Gasteiger partial charge is 0.306 e. The summed E-state index contributed by atoms with van der Waals surface area (Å²) in [6, 6.07) is 28.8. The molecule has 1 saturated heterocycles. The van der Waals surface area contributed by atoms with Gasteiger partial charge in [0.05, 0.1) is 16.3 Å². The number of benzene rings is 3. The Kier molecular flexibility index (Phi) is 6.89. The van der Waals surface area contributed by atoms with E-state index in [9.17, 15) is 0 Å². The third kappa shape index (κ3) is 5.24. The number of thiazole rings is 1. The number of fused-ring (bicyclic) bond motifs is 1. The Bertz CT molecular complexity index is 1120. The van der Waals surface area contributed by atoms with Gasteiger partial charge in [0.2, 0.25) is 0 Å². The summed E-state index contributed by atoms with van der Waals surface area (Å²) in [5.41, 5.74) is 3.76. The first-order chi connectivity index (χ1) is 15.7. The predicted octanol–water partition coefficient (Wildman–Crippen LogP) is 6.36. The summed E-state index contributed by atoms with van der Waals surface area (Å²) >= 11 is 3.71. The highest BCUT2D eigenvalue weighted by Gasteiger charge is 2.25. The van der Waals surface area contributed by atoms with E-state index in [-0.39, 0.29) is 6.04 Å². The molecule has 4 aromatic rings. The lowest BCUT2D eigenvalue weighted by atomic mass is 10.0. The zero-order valence-electron chi connectivity index (χ0n) is 18.4. The van der Waals surface area contributed by atoms with Crippen LogP contribution in [0.5, 0.6) is 0 Å². The summed E-state index contributed by atoms with van der Waals surface area (Å²) in [6.07, 6.45) is 2.36. The molecule has 1 atom stereocenters. The van der Waals surface area contributed by atoms with E-state index in [1.165, 1.54) is 33.6 Å². The molecular weight excluding hydrogens is 430 g/mol. The molecule has 1 aliphatic rings. The number of para-hydroxylation sites is 1. The quantitative estimate of drug-likeness (QED) is 0.325. The fourth-order valence-electron chi connectivity index (χ4n) is 4.26. The van der Waals surface area contributed by atoms with Gasteiger partial charge in [-0.3, -0.25) is 0 Å². The lowest BCUT2D eigenvalue weighted by Crippen LogP contribution is -2.42. The van der Waals surface area contributed by atoms with Crippen molar-refractivity contribution in [1.82, 2.24) is 15.2 Å². The number of piperidine rings is 1. The minimum absolute atomic E-state index is 0.123. The Labute approximate surface area is 198 Å². The Balaban J connectivity index is 1.41. The summed E-state index contributed by atoms with van der Waals surface area (Å²) < 4.78 is 1.26. The van der Waals surface area contributed by atoms with Crippen LogP contribution in [0.3, 0.4) is 0 Å². The van der Waals surface area contributed by atoms with E-state index in [4.69, 9.17) is 4.98 Å². The van der Waals surface area contributed by atoms with E-state index < -0.39 is 0 Å². The van der Waals surface area contributed by atoms with Crippen molar-refractivity contribution in [3.8, 4) is 0 Å². The van der Waals surface area contributed by atoms with Gasteiger partial charge in [-0.25, -0.2) is 4.98 Å². The maximum atomic E-state index is 5.03. The van der Waals surface area contributed by atoms with Crippen LogP contribution in [0.4, 0.5) is 0 Å². The third-order valence-electron chi connectivity index (χ3n) is 6.12. The number of likely N-dealkylation sites (tertiary alicyclic amines) is 1. The smallest absolute Gasteiger partial charge is 0.115 e. The first-order valence-electron chi connectivity index (χ1n) is 11.3. The Morgan fingerprint density at radius 3 is 2.59 bits per heavy atom. The Hall–Kier alpha value is -2.18. The second kappa shape index (κ2) is 10.2. The van der Waals surface area contributed by atoms with Crippen molar-refractivity contribution in [2.24, 2.45) is 0 Å². The van der Waals surface area contributed by atoms with E-state index >= 15 is 0 Å². The third-order valence-corrected chi connectivity index (χ3v) is 8.28. The number of hydrogen-bond acceptors (Lipinski definition) is 5. The molecule has 0 radical (unpaired) electrons. The molecule has 5 heteroatoms. The molecule has 0 amide bonds. The van der Waals surface area contributed by atoms with Crippen LogP contribution < -0.4 is 5.32 Å². The molecule has 1 fully saturated rings. The maximum Gasteiger partial charge on any atom is 0.115 e. The number of aromatic nitrogens is 1. The number of nitrogens with zero attached hydrogens (tertiary/aromatic N) is 2. The minimum atomic E-state index is 0.123. The molecule has 1 unspecified atom stereocenters. The summed E-state index contributed by atoms with van der Waals surface area (Å²) in [4.78, 5) is 8.76. The molecule has 3 aromatic carbocycles. The fourth-order valence-corrected chi connectivity index (χ4v) is 6.24. The second-order valence-electron chi connectivity index (χ2n) is 8.54. The average Bonchev–Trinajstić information content (AvgIpc) is 3.27. The monoisotopic (exact) mass is 459 g/mol. The standard InChI is InChI=1S/C27H29N3S2/c1-30-16-14-22(15-17-30)28-26(27-29-24-12-5-6-13-25(24)32-27)21-10-7-11-23(18-21)31-19-20-8-3-2-4-9-20/h2-13,18,22,26,28H,14-17,19H2,1H3. The Morgan fingerprint density at radius 1 is 1.00 bits per heavy atom. The van der Waals surface area contributed by atoms with Crippen molar-refractivity contribution in [3.63, 3.8) is 0 Å². The van der Waals surface area contributed by atoms with E-state index in [1.807, 2.05) is 23.1 Å². The zero-order valence-corrected chi connectivity index (χ0v) is 20.0. The van der Waals surface area contributed by atoms with Gasteiger partial charge < -0.3 is 10.2 Å². The average molecular weight is 460 g/mol. The van der Waals surface area contributed by atoms with Crippen LogP contribution in [0.1, 0.15) is 35.0 Å². The van der Waals surface area contributed by atoms with Crippen LogP contribution in [0.25, 0.3) is 10.2 Å². The first-order valence-corrected chi connectivity index (χ1v) is 13.1. The molecule has 32 heavy (non-hydrogen) atoms. The van der Waals surface area contributed by atoms with Gasteiger partial charge in [-0.1, -0.05) is 54.6 Å². The van der Waals surface area contributed by atoms with Crippen LogP contribution in [-0.2, 0) is 5.75 Å². The van der Waals surface area contributed by atoms with Crippen LogP contribution in [0.15, 0.2) is 83.8 Å². The SMILES string of the molecule is CN1CCC(NC(c2cccc(SCc3ccccc3)c2)c2nc3ccccc3s2)CC1. The van der Waals surface area contributed by atoms with Gasteiger partial charge in [0.15, 0.2) is 0 Å². The van der Waals surface area contributed by atoms with Crippen molar-refractivity contribution in [1.29, 1.82) is 0 Å².